The van der Waals surface area contributed by atoms with Crippen LogP contribution in [0.2, 0.25) is 0 Å². The van der Waals surface area contributed by atoms with Crippen LogP contribution in [0.15, 0.2) is 53.4 Å². The molecule has 0 aromatic heterocycles. The Hall–Kier alpha value is -2.29. The number of rotatable bonds is 5. The van der Waals surface area contributed by atoms with Gasteiger partial charge in [-0.1, -0.05) is 18.2 Å². The lowest BCUT2D eigenvalue weighted by molar-refractivity contribution is -0.0440. The highest BCUT2D eigenvalue weighted by Crippen LogP contribution is 2.22. The fraction of sp³-hybridized carbons (Fsp3) is 0.381. The van der Waals surface area contributed by atoms with Gasteiger partial charge in [0, 0.05) is 18.7 Å². The number of carbonyl (C=O) groups excluding carboxylic acids is 1. The van der Waals surface area contributed by atoms with E-state index in [9.17, 15) is 17.6 Å². The molecular formula is C21H25FN2O4S. The number of benzene rings is 2. The lowest BCUT2D eigenvalue weighted by Crippen LogP contribution is -2.48. The molecule has 1 fully saturated rings. The minimum atomic E-state index is -3.74. The van der Waals surface area contributed by atoms with E-state index in [2.05, 4.69) is 5.32 Å². The topological polar surface area (TPSA) is 75.7 Å². The summed E-state index contributed by atoms with van der Waals surface area (Å²) in [5, 5.41) is 2.81. The maximum atomic E-state index is 13.1. The van der Waals surface area contributed by atoms with Gasteiger partial charge in [0.05, 0.1) is 23.1 Å². The number of carbonyl (C=O) groups is 1. The summed E-state index contributed by atoms with van der Waals surface area (Å²) in [5.41, 5.74) is 0.995. The first-order chi connectivity index (χ1) is 13.7. The smallest absolute Gasteiger partial charge is 0.251 e. The Morgan fingerprint density at radius 2 is 1.76 bits per heavy atom. The van der Waals surface area contributed by atoms with Gasteiger partial charge in [-0.3, -0.25) is 4.79 Å². The first kappa shape index (κ1) is 21.4. The van der Waals surface area contributed by atoms with E-state index in [0.29, 0.717) is 0 Å². The zero-order valence-corrected chi connectivity index (χ0v) is 17.4. The van der Waals surface area contributed by atoms with Gasteiger partial charge in [0.1, 0.15) is 5.82 Å². The van der Waals surface area contributed by atoms with Gasteiger partial charge in [-0.2, -0.15) is 4.31 Å². The highest BCUT2D eigenvalue weighted by Gasteiger charge is 2.32. The number of ether oxygens (including phenoxy) is 1. The maximum Gasteiger partial charge on any atom is 0.251 e. The molecular weight excluding hydrogens is 395 g/mol. The third kappa shape index (κ3) is 5.01. The molecule has 29 heavy (non-hydrogen) atoms. The van der Waals surface area contributed by atoms with E-state index >= 15 is 0 Å². The van der Waals surface area contributed by atoms with Crippen LogP contribution in [0.5, 0.6) is 0 Å². The molecule has 3 atom stereocenters. The second-order valence-electron chi connectivity index (χ2n) is 7.35. The van der Waals surface area contributed by atoms with E-state index in [1.54, 1.807) is 31.2 Å². The second-order valence-corrected chi connectivity index (χ2v) is 9.29. The number of nitrogens with zero attached hydrogens (tertiary/aromatic N) is 1. The van der Waals surface area contributed by atoms with Crippen LogP contribution in [0.25, 0.3) is 0 Å². The van der Waals surface area contributed by atoms with Gasteiger partial charge in [0.15, 0.2) is 0 Å². The average Bonchev–Trinajstić information content (AvgIpc) is 2.67. The maximum absolute atomic E-state index is 13.1. The quantitative estimate of drug-likeness (QED) is 0.807. The van der Waals surface area contributed by atoms with Gasteiger partial charge in [-0.05, 0) is 56.7 Å². The molecule has 1 aliphatic heterocycles. The molecule has 0 radical (unpaired) electrons. The Balaban J connectivity index is 1.77. The van der Waals surface area contributed by atoms with Crippen LogP contribution in [0.1, 0.15) is 42.7 Å². The number of nitrogens with one attached hydrogen (secondary N) is 1. The minimum Gasteiger partial charge on any atom is -0.373 e. The molecule has 1 aliphatic rings. The molecule has 1 amide bonds. The summed E-state index contributed by atoms with van der Waals surface area (Å²) in [7, 11) is -3.74. The first-order valence-electron chi connectivity index (χ1n) is 9.49. The van der Waals surface area contributed by atoms with Crippen molar-refractivity contribution in [2.24, 2.45) is 0 Å². The van der Waals surface area contributed by atoms with Crippen molar-refractivity contribution in [3.63, 3.8) is 0 Å². The van der Waals surface area contributed by atoms with Crippen LogP contribution >= 0.6 is 0 Å². The summed E-state index contributed by atoms with van der Waals surface area (Å²) in [6.45, 7) is 5.98. The van der Waals surface area contributed by atoms with Crippen molar-refractivity contribution < 1.29 is 22.3 Å². The van der Waals surface area contributed by atoms with Gasteiger partial charge in [0.25, 0.3) is 5.91 Å². The van der Waals surface area contributed by atoms with Crippen molar-refractivity contribution in [1.29, 1.82) is 0 Å². The van der Waals surface area contributed by atoms with Crippen LogP contribution in [0.3, 0.4) is 0 Å². The fourth-order valence-corrected chi connectivity index (χ4v) is 5.03. The third-order valence-electron chi connectivity index (χ3n) is 4.84. The molecule has 0 saturated carbocycles. The van der Waals surface area contributed by atoms with E-state index < -0.39 is 15.9 Å². The number of sulfonamides is 1. The summed E-state index contributed by atoms with van der Waals surface area (Å²) in [6.07, 6.45) is -0.395. The van der Waals surface area contributed by atoms with Gasteiger partial charge >= 0.3 is 0 Å². The van der Waals surface area contributed by atoms with Crippen molar-refractivity contribution >= 4 is 15.9 Å². The van der Waals surface area contributed by atoms with E-state index in [1.807, 2.05) is 13.8 Å². The Bertz CT molecular complexity index is 968. The molecule has 1 heterocycles. The molecule has 2 aromatic carbocycles. The molecule has 156 valence electrons. The Morgan fingerprint density at radius 3 is 2.38 bits per heavy atom. The summed E-state index contributed by atoms with van der Waals surface area (Å²) in [6, 6.07) is 11.5. The molecule has 0 aliphatic carbocycles. The Kier molecular flexibility index (Phi) is 6.36. The minimum absolute atomic E-state index is 0.0703. The summed E-state index contributed by atoms with van der Waals surface area (Å²) in [4.78, 5) is 12.7. The van der Waals surface area contributed by atoms with Gasteiger partial charge < -0.3 is 10.1 Å². The van der Waals surface area contributed by atoms with Crippen LogP contribution in [0.4, 0.5) is 4.39 Å². The lowest BCUT2D eigenvalue weighted by Gasteiger charge is -2.34. The van der Waals surface area contributed by atoms with Crippen molar-refractivity contribution in [3.05, 3.63) is 65.5 Å². The van der Waals surface area contributed by atoms with Crippen molar-refractivity contribution in [1.82, 2.24) is 9.62 Å². The van der Waals surface area contributed by atoms with E-state index in [4.69, 9.17) is 4.74 Å². The number of hydrogen-bond acceptors (Lipinski definition) is 4. The predicted octanol–water partition coefficient (Wildman–Crippen LogP) is 3.11. The van der Waals surface area contributed by atoms with Gasteiger partial charge in [-0.15, -0.1) is 0 Å². The molecule has 0 spiro atoms. The Labute approximate surface area is 170 Å². The monoisotopic (exact) mass is 420 g/mol. The zero-order chi connectivity index (χ0) is 21.2. The largest absolute Gasteiger partial charge is 0.373 e. The van der Waals surface area contributed by atoms with Gasteiger partial charge in [0.2, 0.25) is 10.0 Å². The fourth-order valence-electron chi connectivity index (χ4n) is 3.39. The summed E-state index contributed by atoms with van der Waals surface area (Å²) < 4.78 is 46.1. The zero-order valence-electron chi connectivity index (χ0n) is 16.6. The predicted molar refractivity (Wildman–Crippen MR) is 107 cm³/mol. The normalized spacial score (nSPS) is 21.5. The molecule has 2 aromatic rings. The number of morpholine rings is 1. The average molecular weight is 421 g/mol. The second kappa shape index (κ2) is 8.61. The molecule has 0 unspecified atom stereocenters. The van der Waals surface area contributed by atoms with Crippen molar-refractivity contribution in [3.8, 4) is 0 Å². The van der Waals surface area contributed by atoms with Gasteiger partial charge in [-0.25, -0.2) is 12.8 Å². The molecule has 6 nitrogen and oxygen atoms in total. The van der Waals surface area contributed by atoms with Crippen molar-refractivity contribution in [2.75, 3.05) is 13.1 Å². The number of halogens is 1. The molecule has 8 heteroatoms. The van der Waals surface area contributed by atoms with E-state index in [1.165, 1.54) is 28.6 Å². The molecule has 0 bridgehead atoms. The Morgan fingerprint density at radius 1 is 1.14 bits per heavy atom. The third-order valence-corrected chi connectivity index (χ3v) is 6.67. The number of amides is 1. The van der Waals surface area contributed by atoms with Crippen LogP contribution in [0, 0.1) is 5.82 Å². The summed E-state index contributed by atoms with van der Waals surface area (Å²) in [5.74, 6) is -0.750. The van der Waals surface area contributed by atoms with Crippen molar-refractivity contribution in [2.45, 2.75) is 43.9 Å². The SMILES string of the molecule is C[C@@H]1CN(S(=O)(=O)c2cccc(C(=O)N[C@@H](C)c3ccc(F)cc3)c2)C[C@@H](C)O1. The van der Waals surface area contributed by atoms with E-state index in [0.717, 1.165) is 5.56 Å². The molecule has 1 saturated heterocycles. The summed E-state index contributed by atoms with van der Waals surface area (Å²) >= 11 is 0. The standard InChI is InChI=1S/C21H25FN2O4S/c1-14-12-24(13-15(2)28-14)29(26,27)20-6-4-5-18(11-20)21(25)23-16(3)17-7-9-19(22)10-8-17/h4-11,14-16H,12-13H2,1-3H3,(H,23,25)/t14-,15-,16+/m1/s1. The number of hydrogen-bond donors (Lipinski definition) is 1. The highest BCUT2D eigenvalue weighted by molar-refractivity contribution is 7.89. The highest BCUT2D eigenvalue weighted by atomic mass is 32.2. The van der Waals surface area contributed by atoms with Crippen LogP contribution in [-0.2, 0) is 14.8 Å². The van der Waals surface area contributed by atoms with Crippen LogP contribution < -0.4 is 5.32 Å². The van der Waals surface area contributed by atoms with E-state index in [-0.39, 0.29) is 47.6 Å². The molecule has 1 N–H and O–H groups in total. The van der Waals surface area contributed by atoms with Crippen LogP contribution in [-0.4, -0.2) is 43.9 Å². The molecule has 3 rings (SSSR count). The first-order valence-corrected chi connectivity index (χ1v) is 10.9. The lowest BCUT2D eigenvalue weighted by atomic mass is 10.1.